The summed E-state index contributed by atoms with van der Waals surface area (Å²) in [5.41, 5.74) is 5.60. The molecule has 5 unspecified atom stereocenters. The Kier molecular flexibility index (Phi) is 5.73. The van der Waals surface area contributed by atoms with E-state index < -0.39 is 8.24 Å². The van der Waals surface area contributed by atoms with Crippen LogP contribution in [0.2, 0.25) is 18.6 Å². The first kappa shape index (κ1) is 21.5. The number of fused-ring (bicyclic) bond motifs is 3. The van der Waals surface area contributed by atoms with Crippen molar-refractivity contribution < 1.29 is 0 Å². The minimum atomic E-state index is -1.67. The Morgan fingerprint density at radius 2 is 1.41 bits per heavy atom. The molecule has 1 aromatic rings. The van der Waals surface area contributed by atoms with Gasteiger partial charge in [0.1, 0.15) is 0 Å². The Balaban J connectivity index is 1.69. The standard InChI is InChI=1S/C27H45NSi/c1-19-11-10-12-20(2)26(19)28(27(3,4)5)29(6,7)25-18-17-23-22-14-9-8-13-21(22)15-16-24(23)25/h10-12,21-25H,8-9,13-18H2,1-7H3. The largest absolute Gasteiger partial charge is 0.393 e. The third kappa shape index (κ3) is 3.73. The molecule has 1 aromatic carbocycles. The van der Waals surface area contributed by atoms with E-state index in [0.717, 1.165) is 29.2 Å². The lowest BCUT2D eigenvalue weighted by Crippen LogP contribution is -2.62. The number of benzene rings is 1. The number of aryl methyl sites for hydroxylation is 2. The molecule has 3 aliphatic carbocycles. The van der Waals surface area contributed by atoms with Gasteiger partial charge in [0, 0.05) is 11.2 Å². The number of nitrogens with zero attached hydrogens (tertiary/aromatic N) is 1. The number of rotatable bonds is 3. The molecule has 3 saturated carbocycles. The Morgan fingerprint density at radius 1 is 0.793 bits per heavy atom. The third-order valence-corrected chi connectivity index (χ3v) is 13.7. The lowest BCUT2D eigenvalue weighted by atomic mass is 9.62. The number of para-hydroxylation sites is 1. The van der Waals surface area contributed by atoms with Crippen LogP contribution in [-0.4, -0.2) is 13.8 Å². The van der Waals surface area contributed by atoms with E-state index >= 15 is 0 Å². The van der Waals surface area contributed by atoms with Gasteiger partial charge in [-0.05, 0) is 101 Å². The molecule has 4 rings (SSSR count). The maximum absolute atomic E-state index is 2.96. The van der Waals surface area contributed by atoms with E-state index in [9.17, 15) is 0 Å². The molecule has 3 fully saturated rings. The summed E-state index contributed by atoms with van der Waals surface area (Å²) in [6, 6.07) is 6.89. The van der Waals surface area contributed by atoms with Crippen LogP contribution >= 0.6 is 0 Å². The average Bonchev–Trinajstić information content (AvgIpc) is 3.09. The summed E-state index contributed by atoms with van der Waals surface area (Å²) in [4.78, 5) is 0. The first-order valence-corrected chi connectivity index (χ1v) is 15.5. The monoisotopic (exact) mass is 411 g/mol. The normalized spacial score (nSPS) is 32.6. The van der Waals surface area contributed by atoms with Crippen LogP contribution in [0, 0.1) is 37.5 Å². The number of hydrogen-bond acceptors (Lipinski definition) is 1. The van der Waals surface area contributed by atoms with Gasteiger partial charge >= 0.3 is 0 Å². The van der Waals surface area contributed by atoms with Crippen molar-refractivity contribution in [3.05, 3.63) is 29.3 Å². The zero-order valence-corrected chi connectivity index (χ0v) is 21.2. The van der Waals surface area contributed by atoms with Crippen molar-refractivity contribution in [2.75, 3.05) is 4.57 Å². The molecule has 5 atom stereocenters. The molecule has 3 aliphatic rings. The van der Waals surface area contributed by atoms with Crippen LogP contribution in [0.1, 0.15) is 83.3 Å². The van der Waals surface area contributed by atoms with Gasteiger partial charge in [0.05, 0.1) is 0 Å². The maximum Gasteiger partial charge on any atom is 0.154 e. The average molecular weight is 412 g/mol. The van der Waals surface area contributed by atoms with Crippen LogP contribution in [0.5, 0.6) is 0 Å². The molecule has 2 heteroatoms. The molecule has 0 heterocycles. The van der Waals surface area contributed by atoms with Crippen LogP contribution in [0.4, 0.5) is 5.69 Å². The van der Waals surface area contributed by atoms with Gasteiger partial charge in [-0.1, -0.05) is 57.0 Å². The summed E-state index contributed by atoms with van der Waals surface area (Å²) in [7, 11) is -1.67. The summed E-state index contributed by atoms with van der Waals surface area (Å²) in [5.74, 6) is 4.20. The molecule has 0 aromatic heterocycles. The lowest BCUT2D eigenvalue weighted by Gasteiger charge is -2.54. The van der Waals surface area contributed by atoms with E-state index in [-0.39, 0.29) is 5.54 Å². The highest BCUT2D eigenvalue weighted by atomic mass is 28.3. The molecule has 1 nitrogen and oxygen atoms in total. The summed E-state index contributed by atoms with van der Waals surface area (Å²) >= 11 is 0. The van der Waals surface area contributed by atoms with Crippen molar-refractivity contribution in [3.8, 4) is 0 Å². The van der Waals surface area contributed by atoms with Crippen LogP contribution in [0.15, 0.2) is 18.2 Å². The first-order valence-electron chi connectivity index (χ1n) is 12.5. The highest BCUT2D eigenvalue weighted by molar-refractivity contribution is 6.82. The maximum atomic E-state index is 2.96. The highest BCUT2D eigenvalue weighted by Gasteiger charge is 2.54. The molecule has 0 saturated heterocycles. The molecular formula is C27H45NSi. The summed E-state index contributed by atoms with van der Waals surface area (Å²) < 4.78 is 2.96. The predicted molar refractivity (Wildman–Crippen MR) is 130 cm³/mol. The summed E-state index contributed by atoms with van der Waals surface area (Å²) in [6.45, 7) is 17.5. The second-order valence-corrected chi connectivity index (χ2v) is 16.7. The van der Waals surface area contributed by atoms with E-state index in [4.69, 9.17) is 0 Å². The van der Waals surface area contributed by atoms with Crippen LogP contribution < -0.4 is 4.57 Å². The Bertz CT molecular complexity index is 710. The Hall–Kier alpha value is -0.763. The van der Waals surface area contributed by atoms with Gasteiger partial charge < -0.3 is 4.57 Å². The quantitative estimate of drug-likeness (QED) is 0.454. The SMILES string of the molecule is Cc1cccc(C)c1N(C(C)(C)C)[Si](C)(C)C1CCC2C3CCCCC3CCC21. The van der Waals surface area contributed by atoms with Gasteiger partial charge in [-0.15, -0.1) is 0 Å². The molecular weight excluding hydrogens is 366 g/mol. The Labute approximate surface area is 181 Å². The van der Waals surface area contributed by atoms with Gasteiger partial charge in [0.15, 0.2) is 8.24 Å². The van der Waals surface area contributed by atoms with Gasteiger partial charge in [0.2, 0.25) is 0 Å². The third-order valence-electron chi connectivity index (χ3n) is 9.08. The van der Waals surface area contributed by atoms with Gasteiger partial charge in [-0.3, -0.25) is 0 Å². The Morgan fingerprint density at radius 3 is 2.07 bits per heavy atom. The van der Waals surface area contributed by atoms with Crippen molar-refractivity contribution >= 4 is 13.9 Å². The second kappa shape index (κ2) is 7.73. The molecule has 162 valence electrons. The van der Waals surface area contributed by atoms with E-state index in [1.807, 2.05) is 0 Å². The van der Waals surface area contributed by atoms with Gasteiger partial charge in [0.25, 0.3) is 0 Å². The van der Waals surface area contributed by atoms with Gasteiger partial charge in [-0.2, -0.15) is 0 Å². The van der Waals surface area contributed by atoms with Crippen molar-refractivity contribution in [1.82, 2.24) is 0 Å². The van der Waals surface area contributed by atoms with E-state index in [1.165, 1.54) is 56.1 Å². The molecule has 0 radical (unpaired) electrons. The fourth-order valence-corrected chi connectivity index (χ4v) is 13.6. The van der Waals surface area contributed by atoms with Crippen LogP contribution in [0.3, 0.4) is 0 Å². The smallest absolute Gasteiger partial charge is 0.154 e. The summed E-state index contributed by atoms with van der Waals surface area (Å²) in [6.07, 6.45) is 12.2. The lowest BCUT2D eigenvalue weighted by molar-refractivity contribution is 0.0722. The minimum absolute atomic E-state index is 0.173. The number of hydrogen-bond donors (Lipinski definition) is 0. The van der Waals surface area contributed by atoms with Crippen molar-refractivity contribution in [3.63, 3.8) is 0 Å². The van der Waals surface area contributed by atoms with Crippen LogP contribution in [0.25, 0.3) is 0 Å². The first-order chi connectivity index (χ1) is 13.6. The predicted octanol–water partition coefficient (Wildman–Crippen LogP) is 8.11. The van der Waals surface area contributed by atoms with Crippen molar-refractivity contribution in [1.29, 1.82) is 0 Å². The number of anilines is 1. The van der Waals surface area contributed by atoms with Crippen molar-refractivity contribution in [2.45, 2.75) is 110 Å². The highest BCUT2D eigenvalue weighted by Crippen LogP contribution is 2.60. The molecule has 29 heavy (non-hydrogen) atoms. The van der Waals surface area contributed by atoms with Crippen molar-refractivity contribution in [2.24, 2.45) is 23.7 Å². The molecule has 0 bridgehead atoms. The second-order valence-electron chi connectivity index (χ2n) is 12.2. The zero-order chi connectivity index (χ0) is 21.0. The fraction of sp³-hybridized carbons (Fsp3) is 0.778. The minimum Gasteiger partial charge on any atom is -0.393 e. The molecule has 0 amide bonds. The van der Waals surface area contributed by atoms with E-state index in [0.29, 0.717) is 0 Å². The van der Waals surface area contributed by atoms with E-state index in [2.05, 4.69) is 70.5 Å². The molecule has 0 N–H and O–H groups in total. The van der Waals surface area contributed by atoms with Crippen LogP contribution in [-0.2, 0) is 0 Å². The molecule has 0 aliphatic heterocycles. The topological polar surface area (TPSA) is 3.24 Å². The molecule has 0 spiro atoms. The zero-order valence-electron chi connectivity index (χ0n) is 20.2. The van der Waals surface area contributed by atoms with Gasteiger partial charge in [-0.25, -0.2) is 0 Å². The fourth-order valence-electron chi connectivity index (χ4n) is 8.30. The summed E-state index contributed by atoms with van der Waals surface area (Å²) in [5, 5.41) is 0. The van der Waals surface area contributed by atoms with E-state index in [1.54, 1.807) is 12.1 Å².